The fraction of sp³-hybridized carbons (Fsp3) is 0.533. The van der Waals surface area contributed by atoms with Gasteiger partial charge in [0.25, 0.3) is 0 Å². The highest BCUT2D eigenvalue weighted by molar-refractivity contribution is 7.99. The van der Waals surface area contributed by atoms with E-state index in [-0.39, 0.29) is 12.0 Å². The van der Waals surface area contributed by atoms with Crippen LogP contribution in [0.25, 0.3) is 0 Å². The number of benzene rings is 1. The number of hydrogen-bond donors (Lipinski definition) is 1. The molecule has 2 rings (SSSR count). The summed E-state index contributed by atoms with van der Waals surface area (Å²) in [5.74, 6) is 2.70. The van der Waals surface area contributed by atoms with E-state index in [2.05, 4.69) is 25.2 Å². The van der Waals surface area contributed by atoms with E-state index in [0.717, 1.165) is 29.9 Å². The van der Waals surface area contributed by atoms with Crippen LogP contribution >= 0.6 is 11.8 Å². The third kappa shape index (κ3) is 4.16. The summed E-state index contributed by atoms with van der Waals surface area (Å²) in [7, 11) is 0. The van der Waals surface area contributed by atoms with Crippen LogP contribution in [0.4, 0.5) is 0 Å². The number of carbonyl (C=O) groups excluding carboxylic acids is 1. The molecule has 0 saturated carbocycles. The number of hydrogen-bond acceptors (Lipinski definition) is 3. The van der Waals surface area contributed by atoms with Crippen LogP contribution in [0.3, 0.4) is 0 Å². The monoisotopic (exact) mass is 279 g/mol. The van der Waals surface area contributed by atoms with Crippen LogP contribution < -0.4 is 10.1 Å². The number of nitrogens with one attached hydrogen (secondary N) is 1. The molecule has 0 aromatic heterocycles. The predicted octanol–water partition coefficient (Wildman–Crippen LogP) is 2.77. The second-order valence-electron chi connectivity index (χ2n) is 4.90. The van der Waals surface area contributed by atoms with Gasteiger partial charge in [-0.05, 0) is 36.3 Å². The Bertz CT molecular complexity index is 448. The van der Waals surface area contributed by atoms with Crippen LogP contribution in [0.1, 0.15) is 31.4 Å². The smallest absolute Gasteiger partial charge is 0.230 e. The van der Waals surface area contributed by atoms with Gasteiger partial charge < -0.3 is 10.1 Å². The second-order valence-corrected chi connectivity index (χ2v) is 6.01. The van der Waals surface area contributed by atoms with Crippen molar-refractivity contribution in [1.29, 1.82) is 0 Å². The molecule has 19 heavy (non-hydrogen) atoms. The normalized spacial score (nSPS) is 16.8. The van der Waals surface area contributed by atoms with Crippen LogP contribution in [0, 0.1) is 0 Å². The SMILES string of the molecule is CCCSCC(=O)NCc1ccc2c(c1)C[C@H](C)O2. The first-order valence-corrected chi connectivity index (χ1v) is 7.97. The van der Waals surface area contributed by atoms with E-state index < -0.39 is 0 Å². The second kappa shape index (κ2) is 6.85. The Morgan fingerprint density at radius 1 is 1.53 bits per heavy atom. The Hall–Kier alpha value is -1.16. The van der Waals surface area contributed by atoms with E-state index in [9.17, 15) is 4.79 Å². The number of amides is 1. The first kappa shape index (κ1) is 14.3. The van der Waals surface area contributed by atoms with Crippen molar-refractivity contribution in [2.45, 2.75) is 39.3 Å². The van der Waals surface area contributed by atoms with Crippen molar-refractivity contribution in [1.82, 2.24) is 5.32 Å². The fourth-order valence-corrected chi connectivity index (χ4v) is 2.87. The molecule has 3 nitrogen and oxygen atoms in total. The molecular weight excluding hydrogens is 258 g/mol. The quantitative estimate of drug-likeness (QED) is 0.814. The maximum atomic E-state index is 11.6. The topological polar surface area (TPSA) is 38.3 Å². The van der Waals surface area contributed by atoms with Crippen molar-refractivity contribution in [3.63, 3.8) is 0 Å². The molecule has 1 aliphatic heterocycles. The van der Waals surface area contributed by atoms with Crippen molar-refractivity contribution in [2.75, 3.05) is 11.5 Å². The van der Waals surface area contributed by atoms with Gasteiger partial charge in [0.15, 0.2) is 0 Å². The van der Waals surface area contributed by atoms with Crippen LogP contribution in [-0.2, 0) is 17.8 Å². The van der Waals surface area contributed by atoms with Crippen molar-refractivity contribution in [3.8, 4) is 5.75 Å². The Balaban J connectivity index is 1.81. The van der Waals surface area contributed by atoms with E-state index in [1.807, 2.05) is 12.1 Å². The summed E-state index contributed by atoms with van der Waals surface area (Å²) >= 11 is 1.68. The van der Waals surface area contributed by atoms with Gasteiger partial charge in [-0.25, -0.2) is 0 Å². The Kier molecular flexibility index (Phi) is 5.14. The molecule has 0 spiro atoms. The molecule has 1 amide bonds. The van der Waals surface area contributed by atoms with Crippen LogP contribution in [0.5, 0.6) is 5.75 Å². The minimum Gasteiger partial charge on any atom is -0.490 e. The average molecular weight is 279 g/mol. The van der Waals surface area contributed by atoms with Gasteiger partial charge in [0.1, 0.15) is 11.9 Å². The molecular formula is C15H21NO2S. The largest absolute Gasteiger partial charge is 0.490 e. The molecule has 104 valence electrons. The zero-order chi connectivity index (χ0) is 13.7. The summed E-state index contributed by atoms with van der Waals surface area (Å²) in [5.41, 5.74) is 2.39. The lowest BCUT2D eigenvalue weighted by atomic mass is 10.1. The highest BCUT2D eigenvalue weighted by Crippen LogP contribution is 2.29. The molecule has 0 fully saturated rings. The van der Waals surface area contributed by atoms with Gasteiger partial charge >= 0.3 is 0 Å². The van der Waals surface area contributed by atoms with E-state index in [1.54, 1.807) is 11.8 Å². The van der Waals surface area contributed by atoms with Crippen LogP contribution in [0.2, 0.25) is 0 Å². The minimum atomic E-state index is 0.114. The number of ether oxygens (including phenoxy) is 1. The third-order valence-corrected chi connectivity index (χ3v) is 4.19. The summed E-state index contributed by atoms with van der Waals surface area (Å²) in [6.45, 7) is 4.80. The number of carbonyl (C=O) groups is 1. The summed E-state index contributed by atoms with van der Waals surface area (Å²) < 4.78 is 5.66. The highest BCUT2D eigenvalue weighted by Gasteiger charge is 2.18. The number of rotatable bonds is 6. The maximum absolute atomic E-state index is 11.6. The zero-order valence-corrected chi connectivity index (χ0v) is 12.4. The predicted molar refractivity (Wildman–Crippen MR) is 79.7 cm³/mol. The molecule has 1 aromatic carbocycles. The Morgan fingerprint density at radius 2 is 2.37 bits per heavy atom. The van der Waals surface area contributed by atoms with Gasteiger partial charge in [0.05, 0.1) is 5.75 Å². The fourth-order valence-electron chi connectivity index (χ4n) is 2.15. The molecule has 1 heterocycles. The van der Waals surface area contributed by atoms with Gasteiger partial charge in [-0.15, -0.1) is 0 Å². The van der Waals surface area contributed by atoms with Gasteiger partial charge in [-0.3, -0.25) is 4.79 Å². The maximum Gasteiger partial charge on any atom is 0.230 e. The van der Waals surface area contributed by atoms with Crippen LogP contribution in [-0.4, -0.2) is 23.5 Å². The lowest BCUT2D eigenvalue weighted by molar-refractivity contribution is -0.118. The first-order chi connectivity index (χ1) is 9.19. The molecule has 4 heteroatoms. The molecule has 1 aliphatic rings. The Morgan fingerprint density at radius 3 is 3.16 bits per heavy atom. The van der Waals surface area contributed by atoms with Gasteiger partial charge in [-0.2, -0.15) is 11.8 Å². The van der Waals surface area contributed by atoms with E-state index in [0.29, 0.717) is 12.3 Å². The summed E-state index contributed by atoms with van der Waals surface area (Å²) in [5, 5.41) is 2.96. The van der Waals surface area contributed by atoms with E-state index >= 15 is 0 Å². The van der Waals surface area contributed by atoms with Gasteiger partial charge in [0, 0.05) is 13.0 Å². The molecule has 1 N–H and O–H groups in total. The minimum absolute atomic E-state index is 0.114. The molecule has 0 unspecified atom stereocenters. The van der Waals surface area contributed by atoms with E-state index in [1.165, 1.54) is 5.56 Å². The lowest BCUT2D eigenvalue weighted by Gasteiger charge is -2.06. The first-order valence-electron chi connectivity index (χ1n) is 6.82. The standard InChI is InChI=1S/C15H21NO2S/c1-3-6-19-10-15(17)16-9-12-4-5-14-13(8-12)7-11(2)18-14/h4-5,8,11H,3,6-7,9-10H2,1-2H3,(H,16,17)/t11-/m0/s1. The van der Waals surface area contributed by atoms with Gasteiger partial charge in [0.2, 0.25) is 5.91 Å². The molecule has 0 radical (unpaired) electrons. The molecule has 0 saturated heterocycles. The van der Waals surface area contributed by atoms with Crippen molar-refractivity contribution < 1.29 is 9.53 Å². The van der Waals surface area contributed by atoms with Crippen molar-refractivity contribution in [3.05, 3.63) is 29.3 Å². The van der Waals surface area contributed by atoms with Crippen LogP contribution in [0.15, 0.2) is 18.2 Å². The number of thioether (sulfide) groups is 1. The third-order valence-electron chi connectivity index (χ3n) is 3.03. The summed E-state index contributed by atoms with van der Waals surface area (Å²) in [6, 6.07) is 6.17. The molecule has 1 atom stereocenters. The number of fused-ring (bicyclic) bond motifs is 1. The molecule has 1 aromatic rings. The average Bonchev–Trinajstić information content (AvgIpc) is 2.76. The highest BCUT2D eigenvalue weighted by atomic mass is 32.2. The zero-order valence-electron chi connectivity index (χ0n) is 11.6. The van der Waals surface area contributed by atoms with Crippen molar-refractivity contribution >= 4 is 17.7 Å². The van der Waals surface area contributed by atoms with E-state index in [4.69, 9.17) is 4.74 Å². The lowest BCUT2D eigenvalue weighted by Crippen LogP contribution is -2.24. The Labute approximate surface area is 119 Å². The summed E-state index contributed by atoms with van der Waals surface area (Å²) in [4.78, 5) is 11.6. The summed E-state index contributed by atoms with van der Waals surface area (Å²) in [6.07, 6.45) is 2.34. The molecule has 0 aliphatic carbocycles. The van der Waals surface area contributed by atoms with Crippen molar-refractivity contribution in [2.24, 2.45) is 0 Å². The molecule has 0 bridgehead atoms. The van der Waals surface area contributed by atoms with Gasteiger partial charge in [-0.1, -0.05) is 19.1 Å².